The first-order valence-electron chi connectivity index (χ1n) is 8.60. The molecule has 0 aliphatic carbocycles. The van der Waals surface area contributed by atoms with Crippen molar-refractivity contribution in [2.45, 2.75) is 19.8 Å². The molecule has 4 rings (SSSR count). The molecule has 5 heteroatoms. The van der Waals surface area contributed by atoms with E-state index in [0.717, 1.165) is 29.8 Å². The summed E-state index contributed by atoms with van der Waals surface area (Å²) in [6.07, 6.45) is 3.21. The molecule has 26 heavy (non-hydrogen) atoms. The van der Waals surface area contributed by atoms with E-state index in [4.69, 9.17) is 4.74 Å². The van der Waals surface area contributed by atoms with E-state index in [1.807, 2.05) is 55.5 Å². The quantitative estimate of drug-likeness (QED) is 0.632. The van der Waals surface area contributed by atoms with E-state index in [1.54, 1.807) is 11.0 Å². The van der Waals surface area contributed by atoms with Gasteiger partial charge in [-0.1, -0.05) is 29.8 Å². The Labute approximate surface area is 151 Å². The highest BCUT2D eigenvalue weighted by molar-refractivity contribution is 6.13. The van der Waals surface area contributed by atoms with Crippen LogP contribution in [0.15, 0.2) is 59.2 Å². The van der Waals surface area contributed by atoms with Gasteiger partial charge in [0, 0.05) is 24.2 Å². The summed E-state index contributed by atoms with van der Waals surface area (Å²) in [5.41, 5.74) is 3.87. The smallest absolute Gasteiger partial charge is 0.363 e. The van der Waals surface area contributed by atoms with Gasteiger partial charge < -0.3 is 9.64 Å². The van der Waals surface area contributed by atoms with Crippen LogP contribution in [-0.4, -0.2) is 24.3 Å². The number of ether oxygens (including phenoxy) is 1. The summed E-state index contributed by atoms with van der Waals surface area (Å²) in [4.78, 5) is 30.0. The minimum atomic E-state index is -0.458. The Kier molecular flexibility index (Phi) is 4.13. The monoisotopic (exact) mass is 346 g/mol. The molecule has 2 heterocycles. The molecule has 2 aromatic rings. The van der Waals surface area contributed by atoms with Crippen molar-refractivity contribution < 1.29 is 14.3 Å². The number of amides is 1. The molecule has 0 saturated carbocycles. The molecule has 2 aromatic carbocycles. The third kappa shape index (κ3) is 3.16. The fraction of sp³-hybridized carbons (Fsp3) is 0.190. The molecular formula is C21H18N2O3. The van der Waals surface area contributed by atoms with Crippen LogP contribution in [-0.2, 0) is 14.3 Å². The third-order valence-corrected chi connectivity index (χ3v) is 4.47. The van der Waals surface area contributed by atoms with Gasteiger partial charge in [-0.3, -0.25) is 4.79 Å². The Hall–Kier alpha value is -3.21. The first-order valence-corrected chi connectivity index (χ1v) is 8.60. The Morgan fingerprint density at radius 1 is 1.12 bits per heavy atom. The molecule has 5 nitrogen and oxygen atoms in total. The molecular weight excluding hydrogens is 328 g/mol. The van der Waals surface area contributed by atoms with Crippen LogP contribution in [0.25, 0.3) is 6.08 Å². The van der Waals surface area contributed by atoms with Crippen molar-refractivity contribution in [3.63, 3.8) is 0 Å². The highest BCUT2D eigenvalue weighted by atomic mass is 16.6. The van der Waals surface area contributed by atoms with Crippen LogP contribution in [0.3, 0.4) is 0 Å². The van der Waals surface area contributed by atoms with Gasteiger partial charge in [-0.15, -0.1) is 0 Å². The van der Waals surface area contributed by atoms with Crippen LogP contribution < -0.4 is 4.90 Å². The normalized spacial score (nSPS) is 18.4. The van der Waals surface area contributed by atoms with Gasteiger partial charge in [0.2, 0.25) is 11.8 Å². The van der Waals surface area contributed by atoms with Crippen LogP contribution >= 0.6 is 0 Å². The number of benzene rings is 2. The average Bonchev–Trinajstić information content (AvgIpc) is 3.21. The zero-order valence-corrected chi connectivity index (χ0v) is 14.4. The summed E-state index contributed by atoms with van der Waals surface area (Å²) in [6, 6.07) is 15.2. The van der Waals surface area contributed by atoms with E-state index in [0.29, 0.717) is 12.0 Å². The average molecular weight is 346 g/mol. The molecule has 0 aromatic heterocycles. The van der Waals surface area contributed by atoms with Gasteiger partial charge >= 0.3 is 5.97 Å². The number of hydrogen-bond donors (Lipinski definition) is 0. The summed E-state index contributed by atoms with van der Waals surface area (Å²) in [7, 11) is 0. The molecule has 2 aliphatic rings. The number of carbonyl (C=O) groups excluding carboxylic acids is 2. The van der Waals surface area contributed by atoms with E-state index in [-0.39, 0.29) is 17.5 Å². The molecule has 1 fully saturated rings. The summed E-state index contributed by atoms with van der Waals surface area (Å²) in [6.45, 7) is 2.74. The molecule has 0 spiro atoms. The largest absolute Gasteiger partial charge is 0.402 e. The lowest BCUT2D eigenvalue weighted by atomic mass is 10.1. The molecule has 0 unspecified atom stereocenters. The van der Waals surface area contributed by atoms with Crippen LogP contribution in [0.2, 0.25) is 0 Å². The number of aryl methyl sites for hydroxylation is 1. The zero-order chi connectivity index (χ0) is 18.1. The van der Waals surface area contributed by atoms with Gasteiger partial charge in [0.1, 0.15) is 0 Å². The molecule has 0 atom stereocenters. The van der Waals surface area contributed by atoms with Crippen molar-refractivity contribution in [2.24, 2.45) is 4.99 Å². The van der Waals surface area contributed by atoms with E-state index in [9.17, 15) is 9.59 Å². The van der Waals surface area contributed by atoms with Crippen LogP contribution in [0.1, 0.15) is 29.5 Å². The van der Waals surface area contributed by atoms with Gasteiger partial charge in [0.15, 0.2) is 5.70 Å². The van der Waals surface area contributed by atoms with Gasteiger partial charge in [0.05, 0.1) is 0 Å². The first kappa shape index (κ1) is 16.3. The van der Waals surface area contributed by atoms with Crippen molar-refractivity contribution in [1.29, 1.82) is 0 Å². The summed E-state index contributed by atoms with van der Waals surface area (Å²) >= 11 is 0. The number of anilines is 1. The van der Waals surface area contributed by atoms with Crippen molar-refractivity contribution >= 4 is 29.5 Å². The maximum Gasteiger partial charge on any atom is 0.363 e. The Morgan fingerprint density at radius 3 is 2.62 bits per heavy atom. The molecule has 2 aliphatic heterocycles. The summed E-state index contributed by atoms with van der Waals surface area (Å²) in [5, 5.41) is 0. The Bertz CT molecular complexity index is 942. The fourth-order valence-electron chi connectivity index (χ4n) is 3.16. The third-order valence-electron chi connectivity index (χ3n) is 4.47. The van der Waals surface area contributed by atoms with E-state index in [2.05, 4.69) is 4.99 Å². The number of aliphatic imine (C=N–C) groups is 1. The number of carbonyl (C=O) groups is 2. The lowest BCUT2D eigenvalue weighted by molar-refractivity contribution is -0.130. The second-order valence-corrected chi connectivity index (χ2v) is 6.45. The molecule has 130 valence electrons. The van der Waals surface area contributed by atoms with Gasteiger partial charge in [0.25, 0.3) is 0 Å². The van der Waals surface area contributed by atoms with Crippen LogP contribution in [0.5, 0.6) is 0 Å². The van der Waals surface area contributed by atoms with Crippen molar-refractivity contribution in [3.05, 3.63) is 70.9 Å². The summed E-state index contributed by atoms with van der Waals surface area (Å²) < 4.78 is 5.31. The highest BCUT2D eigenvalue weighted by Crippen LogP contribution is 2.24. The lowest BCUT2D eigenvalue weighted by Crippen LogP contribution is -2.23. The fourth-order valence-corrected chi connectivity index (χ4v) is 3.16. The molecule has 1 amide bonds. The second kappa shape index (κ2) is 6.59. The van der Waals surface area contributed by atoms with Gasteiger partial charge in [-0.05, 0) is 49.2 Å². The van der Waals surface area contributed by atoms with Crippen molar-refractivity contribution in [2.75, 3.05) is 11.4 Å². The molecule has 0 N–H and O–H groups in total. The van der Waals surface area contributed by atoms with Crippen molar-refractivity contribution in [3.8, 4) is 0 Å². The Balaban J connectivity index is 1.58. The molecule has 0 radical (unpaired) electrons. The maximum absolute atomic E-state index is 12.1. The number of cyclic esters (lactones) is 1. The lowest BCUT2D eigenvalue weighted by Gasteiger charge is -2.15. The summed E-state index contributed by atoms with van der Waals surface area (Å²) in [5.74, 6) is -0.0285. The van der Waals surface area contributed by atoms with Crippen LogP contribution in [0, 0.1) is 6.92 Å². The number of esters is 1. The maximum atomic E-state index is 12.1. The SMILES string of the molecule is Cc1cccc(/C=C2/N=C(c3ccc(N4CCCC4=O)cc3)OC2=O)c1. The minimum Gasteiger partial charge on any atom is -0.402 e. The predicted molar refractivity (Wildman–Crippen MR) is 99.8 cm³/mol. The van der Waals surface area contributed by atoms with Gasteiger partial charge in [-0.25, -0.2) is 9.79 Å². The second-order valence-electron chi connectivity index (χ2n) is 6.45. The van der Waals surface area contributed by atoms with Crippen LogP contribution in [0.4, 0.5) is 5.69 Å². The zero-order valence-electron chi connectivity index (χ0n) is 14.4. The Morgan fingerprint density at radius 2 is 1.92 bits per heavy atom. The van der Waals surface area contributed by atoms with E-state index >= 15 is 0 Å². The van der Waals surface area contributed by atoms with Crippen molar-refractivity contribution in [1.82, 2.24) is 0 Å². The standard InChI is InChI=1S/C21H18N2O3/c1-14-4-2-5-15(12-14)13-18-21(25)26-20(22-18)16-7-9-17(10-8-16)23-11-3-6-19(23)24/h2,4-5,7-10,12-13H,3,6,11H2,1H3/b18-13+. The first-order chi connectivity index (χ1) is 12.6. The molecule has 1 saturated heterocycles. The van der Waals surface area contributed by atoms with E-state index in [1.165, 1.54) is 0 Å². The minimum absolute atomic E-state index is 0.144. The highest BCUT2D eigenvalue weighted by Gasteiger charge is 2.25. The van der Waals surface area contributed by atoms with E-state index < -0.39 is 5.97 Å². The molecule has 0 bridgehead atoms. The number of nitrogens with zero attached hydrogens (tertiary/aromatic N) is 2. The predicted octanol–water partition coefficient (Wildman–Crippen LogP) is 3.47. The number of rotatable bonds is 3. The van der Waals surface area contributed by atoms with Gasteiger partial charge in [-0.2, -0.15) is 0 Å². The topological polar surface area (TPSA) is 59.0 Å². The number of hydrogen-bond acceptors (Lipinski definition) is 4.